The van der Waals surface area contributed by atoms with E-state index in [0.29, 0.717) is 13.1 Å². The van der Waals surface area contributed by atoms with Crippen LogP contribution in [0.5, 0.6) is 0 Å². The molecule has 2 aliphatic heterocycles. The van der Waals surface area contributed by atoms with Crippen LogP contribution in [0.25, 0.3) is 10.9 Å². The van der Waals surface area contributed by atoms with E-state index in [4.69, 9.17) is 0 Å². The number of aromatic nitrogens is 1. The Hall–Kier alpha value is -3.86. The molecule has 2 atom stereocenters. The molecule has 1 fully saturated rings. The van der Waals surface area contributed by atoms with Crippen LogP contribution in [0, 0.1) is 13.8 Å². The van der Waals surface area contributed by atoms with E-state index in [1.165, 1.54) is 11.1 Å². The highest BCUT2D eigenvalue weighted by atomic mass is 16.2. The van der Waals surface area contributed by atoms with Crippen molar-refractivity contribution in [2.24, 2.45) is 0 Å². The number of benzene rings is 3. The van der Waals surface area contributed by atoms with Gasteiger partial charge >= 0.3 is 0 Å². The van der Waals surface area contributed by atoms with E-state index in [9.17, 15) is 9.59 Å². The highest BCUT2D eigenvalue weighted by molar-refractivity contribution is 6.01. The molecule has 1 saturated heterocycles. The minimum absolute atomic E-state index is 0.00442. The van der Waals surface area contributed by atoms with Gasteiger partial charge in [-0.3, -0.25) is 9.59 Å². The molecule has 1 aromatic heterocycles. The number of piperazine rings is 1. The van der Waals surface area contributed by atoms with Crippen LogP contribution >= 0.6 is 0 Å². The van der Waals surface area contributed by atoms with E-state index < -0.39 is 5.54 Å². The molecule has 5 nitrogen and oxygen atoms in total. The number of aryl methyl sites for hydroxylation is 2. The first-order valence-corrected chi connectivity index (χ1v) is 12.2. The van der Waals surface area contributed by atoms with Crippen molar-refractivity contribution in [2.75, 3.05) is 13.1 Å². The average molecular weight is 464 g/mol. The van der Waals surface area contributed by atoms with Crippen LogP contribution in [-0.4, -0.2) is 39.7 Å². The van der Waals surface area contributed by atoms with Gasteiger partial charge in [0.25, 0.3) is 5.91 Å². The Morgan fingerprint density at radius 2 is 1.57 bits per heavy atom. The van der Waals surface area contributed by atoms with E-state index in [1.807, 2.05) is 61.2 Å². The summed E-state index contributed by atoms with van der Waals surface area (Å²) >= 11 is 0. The van der Waals surface area contributed by atoms with Crippen LogP contribution in [0.2, 0.25) is 0 Å². The molecule has 5 heteroatoms. The Bertz CT molecular complexity index is 1450. The third-order valence-electron chi connectivity index (χ3n) is 7.79. The number of fused-ring (bicyclic) bond motifs is 5. The molecule has 176 valence electrons. The SMILES string of the molecule is Cc1ccc(CN2CC(=O)N3C[C@@H](c4ccc(C)cc4)c4c([nH]c5ccccc45)[C@@]3(C)C2=O)cc1. The molecule has 0 bridgehead atoms. The van der Waals surface area contributed by atoms with Crippen LogP contribution in [0.15, 0.2) is 72.8 Å². The number of carbonyl (C=O) groups is 2. The van der Waals surface area contributed by atoms with Crippen LogP contribution < -0.4 is 0 Å². The molecular formula is C30H29N3O2. The van der Waals surface area contributed by atoms with Crippen LogP contribution in [-0.2, 0) is 21.7 Å². The number of hydrogen-bond donors (Lipinski definition) is 1. The van der Waals surface area contributed by atoms with Gasteiger partial charge in [0.2, 0.25) is 5.91 Å². The Kier molecular flexibility index (Phi) is 4.85. The van der Waals surface area contributed by atoms with Crippen molar-refractivity contribution < 1.29 is 9.59 Å². The molecule has 0 spiro atoms. The zero-order valence-electron chi connectivity index (χ0n) is 20.3. The Morgan fingerprint density at radius 1 is 0.914 bits per heavy atom. The number of para-hydroxylation sites is 1. The van der Waals surface area contributed by atoms with Gasteiger partial charge in [0.15, 0.2) is 5.54 Å². The fourth-order valence-electron chi connectivity index (χ4n) is 5.82. The minimum atomic E-state index is -1.07. The number of nitrogens with zero attached hydrogens (tertiary/aromatic N) is 2. The second-order valence-electron chi connectivity index (χ2n) is 10.1. The maximum atomic E-state index is 14.1. The summed E-state index contributed by atoms with van der Waals surface area (Å²) in [6, 6.07) is 24.9. The summed E-state index contributed by atoms with van der Waals surface area (Å²) in [6.07, 6.45) is 0. The largest absolute Gasteiger partial charge is 0.356 e. The normalized spacial score (nSPS) is 21.9. The first kappa shape index (κ1) is 21.7. The van der Waals surface area contributed by atoms with Crippen LogP contribution in [0.1, 0.15) is 46.4 Å². The van der Waals surface area contributed by atoms with E-state index >= 15 is 0 Å². The average Bonchev–Trinajstić information content (AvgIpc) is 3.25. The molecule has 2 aliphatic rings. The van der Waals surface area contributed by atoms with Crippen molar-refractivity contribution >= 4 is 22.7 Å². The standard InChI is InChI=1S/C30H29N3O2/c1-19-8-12-21(13-9-19)16-32-18-26(34)33-17-24(22-14-10-20(2)11-15-22)27-23-6-4-5-7-25(23)31-28(27)30(33,3)29(32)35/h4-15,24,31H,16-18H2,1-3H3/t24-,30-/m0/s1. The fraction of sp³-hybridized carbons (Fsp3) is 0.267. The van der Waals surface area contributed by atoms with Gasteiger partial charge < -0.3 is 14.8 Å². The number of H-pyrrole nitrogens is 1. The Morgan fingerprint density at radius 3 is 2.29 bits per heavy atom. The van der Waals surface area contributed by atoms with Crippen molar-refractivity contribution in [2.45, 2.75) is 38.8 Å². The lowest BCUT2D eigenvalue weighted by Gasteiger charge is -2.51. The second kappa shape index (κ2) is 7.84. The van der Waals surface area contributed by atoms with Crippen molar-refractivity contribution in [3.8, 4) is 0 Å². The molecule has 35 heavy (non-hydrogen) atoms. The van der Waals surface area contributed by atoms with Crippen molar-refractivity contribution in [3.05, 3.63) is 106 Å². The van der Waals surface area contributed by atoms with Crippen molar-refractivity contribution in [1.82, 2.24) is 14.8 Å². The second-order valence-corrected chi connectivity index (χ2v) is 10.1. The first-order valence-electron chi connectivity index (χ1n) is 12.2. The molecule has 0 saturated carbocycles. The van der Waals surface area contributed by atoms with Gasteiger partial charge in [-0.15, -0.1) is 0 Å². The highest BCUT2D eigenvalue weighted by Gasteiger charge is 2.56. The summed E-state index contributed by atoms with van der Waals surface area (Å²) in [5.74, 6) is -0.0521. The molecule has 0 aliphatic carbocycles. The zero-order valence-corrected chi connectivity index (χ0v) is 20.3. The number of rotatable bonds is 3. The number of hydrogen-bond acceptors (Lipinski definition) is 2. The summed E-state index contributed by atoms with van der Waals surface area (Å²) in [5, 5.41) is 1.12. The molecule has 6 rings (SSSR count). The number of nitrogens with one attached hydrogen (secondary N) is 1. The maximum Gasteiger partial charge on any atom is 0.255 e. The zero-order chi connectivity index (χ0) is 24.3. The van der Waals surface area contributed by atoms with E-state index in [0.717, 1.165) is 33.3 Å². The van der Waals surface area contributed by atoms with E-state index in [1.54, 1.807) is 4.90 Å². The van der Waals surface area contributed by atoms with Gasteiger partial charge in [0, 0.05) is 29.9 Å². The predicted molar refractivity (Wildman–Crippen MR) is 137 cm³/mol. The summed E-state index contributed by atoms with van der Waals surface area (Å²) in [7, 11) is 0. The van der Waals surface area contributed by atoms with Crippen molar-refractivity contribution in [1.29, 1.82) is 0 Å². The molecule has 0 radical (unpaired) electrons. The molecular weight excluding hydrogens is 434 g/mol. The van der Waals surface area contributed by atoms with Crippen LogP contribution in [0.4, 0.5) is 0 Å². The summed E-state index contributed by atoms with van der Waals surface area (Å²) in [5.41, 5.74) is 6.44. The number of aromatic amines is 1. The Labute approximate surface area is 205 Å². The summed E-state index contributed by atoms with van der Waals surface area (Å²) < 4.78 is 0. The molecule has 1 N–H and O–H groups in total. The molecule has 2 amide bonds. The van der Waals surface area contributed by atoms with Gasteiger partial charge in [0.1, 0.15) is 6.54 Å². The first-order chi connectivity index (χ1) is 16.9. The quantitative estimate of drug-likeness (QED) is 0.464. The van der Waals surface area contributed by atoms with Gasteiger partial charge in [-0.05, 0) is 43.5 Å². The topological polar surface area (TPSA) is 56.4 Å². The molecule has 3 aromatic carbocycles. The molecule has 0 unspecified atom stereocenters. The van der Waals surface area contributed by atoms with Gasteiger partial charge in [-0.25, -0.2) is 0 Å². The summed E-state index contributed by atoms with van der Waals surface area (Å²) in [4.78, 5) is 34.8. The third kappa shape index (κ3) is 3.29. The van der Waals surface area contributed by atoms with Gasteiger partial charge in [0.05, 0.1) is 5.69 Å². The molecule has 3 heterocycles. The smallest absolute Gasteiger partial charge is 0.255 e. The number of amides is 2. The van der Waals surface area contributed by atoms with Gasteiger partial charge in [-0.2, -0.15) is 0 Å². The fourth-order valence-corrected chi connectivity index (χ4v) is 5.82. The third-order valence-corrected chi connectivity index (χ3v) is 7.79. The molecule has 4 aromatic rings. The maximum absolute atomic E-state index is 14.1. The monoisotopic (exact) mass is 463 g/mol. The minimum Gasteiger partial charge on any atom is -0.356 e. The lowest BCUT2D eigenvalue weighted by atomic mass is 9.76. The highest BCUT2D eigenvalue weighted by Crippen LogP contribution is 2.48. The van der Waals surface area contributed by atoms with E-state index in [2.05, 4.69) is 42.2 Å². The number of carbonyl (C=O) groups excluding carboxylic acids is 2. The van der Waals surface area contributed by atoms with Gasteiger partial charge in [-0.1, -0.05) is 77.9 Å². The predicted octanol–water partition coefficient (Wildman–Crippen LogP) is 5.02. The van der Waals surface area contributed by atoms with Crippen LogP contribution in [0.3, 0.4) is 0 Å². The van der Waals surface area contributed by atoms with Crippen molar-refractivity contribution in [3.63, 3.8) is 0 Å². The lowest BCUT2D eigenvalue weighted by molar-refractivity contribution is -0.166. The summed E-state index contributed by atoms with van der Waals surface area (Å²) in [6.45, 7) is 7.03. The Balaban J connectivity index is 1.49. The van der Waals surface area contributed by atoms with E-state index in [-0.39, 0.29) is 24.3 Å². The lowest BCUT2D eigenvalue weighted by Crippen LogP contribution is -2.67.